The Balaban J connectivity index is 1.73. The normalized spacial score (nSPS) is 18.3. The molecule has 0 saturated carbocycles. The van der Waals surface area contributed by atoms with E-state index in [-0.39, 0.29) is 0 Å². The summed E-state index contributed by atoms with van der Waals surface area (Å²) in [5.74, 6) is 0. The minimum Gasteiger partial charge on any atom is -0.364 e. The third kappa shape index (κ3) is 3.65. The van der Waals surface area contributed by atoms with Gasteiger partial charge in [0.2, 0.25) is 10.0 Å². The van der Waals surface area contributed by atoms with E-state index in [0.29, 0.717) is 28.6 Å². The number of benzene rings is 3. The number of hydrogen-bond donors (Lipinski definition) is 1. The van der Waals surface area contributed by atoms with Crippen molar-refractivity contribution in [3.05, 3.63) is 94.5 Å². The first-order chi connectivity index (χ1) is 13.4. The van der Waals surface area contributed by atoms with E-state index in [9.17, 15) is 8.42 Å². The Labute approximate surface area is 170 Å². The minimum absolute atomic E-state index is 0.315. The molecule has 0 bridgehead atoms. The van der Waals surface area contributed by atoms with Gasteiger partial charge in [-0.1, -0.05) is 65.7 Å². The van der Waals surface area contributed by atoms with E-state index in [1.165, 1.54) is 0 Å². The first-order valence-electron chi connectivity index (χ1n) is 9.13. The highest BCUT2D eigenvalue weighted by atomic mass is 35.5. The van der Waals surface area contributed by atoms with Crippen molar-refractivity contribution < 1.29 is 8.42 Å². The summed E-state index contributed by atoms with van der Waals surface area (Å²) in [7, 11) is -3.63. The SMILES string of the molecule is Cc1cccc([C@H]2Nc3ccccc3S(=O)(=O)N2CCc2ccc(Cl)cc2)c1. The summed E-state index contributed by atoms with van der Waals surface area (Å²) in [6.45, 7) is 2.37. The molecule has 0 radical (unpaired) electrons. The molecule has 1 aliphatic rings. The molecule has 4 nitrogen and oxygen atoms in total. The largest absolute Gasteiger partial charge is 0.364 e. The molecule has 3 aromatic rings. The number of halogens is 1. The Morgan fingerprint density at radius 3 is 2.50 bits per heavy atom. The number of nitrogens with zero attached hydrogens (tertiary/aromatic N) is 1. The van der Waals surface area contributed by atoms with E-state index in [1.807, 2.05) is 67.6 Å². The second-order valence-electron chi connectivity index (χ2n) is 6.95. The summed E-state index contributed by atoms with van der Waals surface area (Å²) in [6.07, 6.45) is 0.148. The standard InChI is InChI=1S/C22H21ClN2O2S/c1-16-5-4-6-18(15-16)22-24-20-7-2-3-8-21(20)28(26,27)25(22)14-13-17-9-11-19(23)12-10-17/h2-12,15,22,24H,13-14H2,1H3/t22-/m0/s1. The number of nitrogens with one attached hydrogen (secondary N) is 1. The summed E-state index contributed by atoms with van der Waals surface area (Å²) < 4.78 is 28.4. The van der Waals surface area contributed by atoms with Gasteiger partial charge in [0, 0.05) is 11.6 Å². The number of rotatable bonds is 4. The summed E-state index contributed by atoms with van der Waals surface area (Å²) in [5, 5.41) is 4.09. The van der Waals surface area contributed by atoms with Gasteiger partial charge in [0.05, 0.1) is 5.69 Å². The van der Waals surface area contributed by atoms with Crippen LogP contribution in [0.25, 0.3) is 0 Å². The van der Waals surface area contributed by atoms with Crippen molar-refractivity contribution in [1.29, 1.82) is 0 Å². The van der Waals surface area contributed by atoms with Crippen LogP contribution < -0.4 is 5.32 Å². The fourth-order valence-electron chi connectivity index (χ4n) is 3.52. The van der Waals surface area contributed by atoms with E-state index >= 15 is 0 Å². The molecule has 0 aliphatic carbocycles. The van der Waals surface area contributed by atoms with E-state index in [4.69, 9.17) is 11.6 Å². The lowest BCUT2D eigenvalue weighted by Crippen LogP contribution is -2.43. The molecule has 0 unspecified atom stereocenters. The van der Waals surface area contributed by atoms with E-state index in [1.54, 1.807) is 16.4 Å². The van der Waals surface area contributed by atoms with Crippen LogP contribution in [0.1, 0.15) is 22.9 Å². The lowest BCUT2D eigenvalue weighted by atomic mass is 10.1. The molecule has 0 fully saturated rings. The molecule has 28 heavy (non-hydrogen) atoms. The summed E-state index contributed by atoms with van der Waals surface area (Å²) in [6, 6.07) is 22.5. The lowest BCUT2D eigenvalue weighted by molar-refractivity contribution is 0.345. The van der Waals surface area contributed by atoms with Crippen molar-refractivity contribution in [2.24, 2.45) is 0 Å². The third-order valence-electron chi connectivity index (χ3n) is 4.95. The molecule has 0 saturated heterocycles. The molecule has 1 heterocycles. The molecule has 6 heteroatoms. The highest BCUT2D eigenvalue weighted by Gasteiger charge is 2.38. The predicted octanol–water partition coefficient (Wildman–Crippen LogP) is 5.01. The lowest BCUT2D eigenvalue weighted by Gasteiger charge is -2.37. The van der Waals surface area contributed by atoms with Crippen LogP contribution in [-0.2, 0) is 16.4 Å². The number of sulfonamides is 1. The molecular weight excluding hydrogens is 392 g/mol. The van der Waals surface area contributed by atoms with Gasteiger partial charge in [-0.3, -0.25) is 0 Å². The van der Waals surface area contributed by atoms with Crippen LogP contribution in [0.15, 0.2) is 77.7 Å². The molecular formula is C22H21ClN2O2S. The van der Waals surface area contributed by atoms with Crippen LogP contribution in [0, 0.1) is 6.92 Å². The average Bonchev–Trinajstić information content (AvgIpc) is 2.68. The van der Waals surface area contributed by atoms with Gasteiger partial charge in [-0.2, -0.15) is 4.31 Å². The number of aryl methyl sites for hydroxylation is 1. The van der Waals surface area contributed by atoms with Gasteiger partial charge in [0.15, 0.2) is 0 Å². The third-order valence-corrected chi connectivity index (χ3v) is 7.12. The van der Waals surface area contributed by atoms with Crippen molar-refractivity contribution in [1.82, 2.24) is 4.31 Å². The Morgan fingerprint density at radius 2 is 1.75 bits per heavy atom. The van der Waals surface area contributed by atoms with Gasteiger partial charge in [-0.25, -0.2) is 8.42 Å². The fourth-order valence-corrected chi connectivity index (χ4v) is 5.34. The highest BCUT2D eigenvalue weighted by molar-refractivity contribution is 7.89. The van der Waals surface area contributed by atoms with Crippen molar-refractivity contribution in [3.8, 4) is 0 Å². The van der Waals surface area contributed by atoms with Crippen molar-refractivity contribution in [2.45, 2.75) is 24.4 Å². The minimum atomic E-state index is -3.63. The summed E-state index contributed by atoms with van der Waals surface area (Å²) >= 11 is 5.96. The van der Waals surface area contributed by atoms with Crippen LogP contribution in [0.3, 0.4) is 0 Å². The van der Waals surface area contributed by atoms with Gasteiger partial charge in [-0.05, 0) is 48.7 Å². The highest BCUT2D eigenvalue weighted by Crippen LogP contribution is 2.38. The number of fused-ring (bicyclic) bond motifs is 1. The molecule has 0 amide bonds. The van der Waals surface area contributed by atoms with Crippen LogP contribution in [0.4, 0.5) is 5.69 Å². The van der Waals surface area contributed by atoms with Crippen LogP contribution in [0.2, 0.25) is 5.02 Å². The summed E-state index contributed by atoms with van der Waals surface area (Å²) in [4.78, 5) is 0.315. The Bertz CT molecular complexity index is 1100. The van der Waals surface area contributed by atoms with Crippen molar-refractivity contribution in [3.63, 3.8) is 0 Å². The van der Waals surface area contributed by atoms with E-state index < -0.39 is 16.2 Å². The molecule has 0 spiro atoms. The maximum atomic E-state index is 13.4. The Kier molecular flexibility index (Phi) is 5.15. The zero-order valence-electron chi connectivity index (χ0n) is 15.5. The van der Waals surface area contributed by atoms with E-state index in [0.717, 1.165) is 16.7 Å². The molecule has 144 valence electrons. The molecule has 4 rings (SSSR count). The quantitative estimate of drug-likeness (QED) is 0.655. The zero-order chi connectivity index (χ0) is 19.7. The van der Waals surface area contributed by atoms with Gasteiger partial charge in [-0.15, -0.1) is 0 Å². The molecule has 1 aliphatic heterocycles. The Morgan fingerprint density at radius 1 is 1.00 bits per heavy atom. The smallest absolute Gasteiger partial charge is 0.247 e. The second-order valence-corrected chi connectivity index (χ2v) is 9.24. The predicted molar refractivity (Wildman–Crippen MR) is 113 cm³/mol. The van der Waals surface area contributed by atoms with Crippen molar-refractivity contribution >= 4 is 27.3 Å². The zero-order valence-corrected chi connectivity index (χ0v) is 17.0. The maximum Gasteiger partial charge on any atom is 0.247 e. The number of anilines is 1. The summed E-state index contributed by atoms with van der Waals surface area (Å²) in [5.41, 5.74) is 3.69. The number of hydrogen-bond acceptors (Lipinski definition) is 3. The second kappa shape index (κ2) is 7.59. The van der Waals surface area contributed by atoms with Crippen molar-refractivity contribution in [2.75, 3.05) is 11.9 Å². The molecule has 3 aromatic carbocycles. The monoisotopic (exact) mass is 412 g/mol. The maximum absolute atomic E-state index is 13.4. The van der Waals surface area contributed by atoms with Gasteiger partial charge < -0.3 is 5.32 Å². The van der Waals surface area contributed by atoms with E-state index in [2.05, 4.69) is 5.32 Å². The molecule has 1 N–H and O–H groups in total. The topological polar surface area (TPSA) is 49.4 Å². The fraction of sp³-hybridized carbons (Fsp3) is 0.182. The van der Waals surface area contributed by atoms with Gasteiger partial charge in [0.1, 0.15) is 11.1 Å². The van der Waals surface area contributed by atoms with Crippen LogP contribution in [-0.4, -0.2) is 19.3 Å². The first-order valence-corrected chi connectivity index (χ1v) is 11.0. The average molecular weight is 413 g/mol. The first kappa shape index (κ1) is 19.0. The molecule has 0 aromatic heterocycles. The van der Waals surface area contributed by atoms with Crippen LogP contribution >= 0.6 is 11.6 Å². The molecule has 1 atom stereocenters. The van der Waals surface area contributed by atoms with Crippen LogP contribution in [0.5, 0.6) is 0 Å². The van der Waals surface area contributed by atoms with Gasteiger partial charge in [0.25, 0.3) is 0 Å². The Hall–Kier alpha value is -2.34. The number of para-hydroxylation sites is 1. The van der Waals surface area contributed by atoms with Gasteiger partial charge >= 0.3 is 0 Å².